The average molecular weight is 273 g/mol. The molecule has 2 aromatic rings. The zero-order chi connectivity index (χ0) is 14.4. The molecule has 6 nitrogen and oxygen atoms in total. The molecule has 0 saturated heterocycles. The number of hydrogen-bond donors (Lipinski definition) is 0. The van der Waals surface area contributed by atoms with Crippen LogP contribution in [-0.2, 0) is 16.1 Å². The van der Waals surface area contributed by atoms with E-state index >= 15 is 0 Å². The molecule has 20 heavy (non-hydrogen) atoms. The number of benzene rings is 1. The second kappa shape index (κ2) is 6.51. The summed E-state index contributed by atoms with van der Waals surface area (Å²) in [6.07, 6.45) is 3.30. The Morgan fingerprint density at radius 3 is 2.70 bits per heavy atom. The molecular weight excluding hydrogens is 258 g/mol. The van der Waals surface area contributed by atoms with Crippen molar-refractivity contribution in [3.05, 3.63) is 54.1 Å². The molecule has 1 aromatic carbocycles. The largest absolute Gasteiger partial charge is 0.476 e. The Morgan fingerprint density at radius 1 is 1.30 bits per heavy atom. The fraction of sp³-hybridized carbons (Fsp3) is 0.214. The third-order valence-corrected chi connectivity index (χ3v) is 2.68. The number of Topliss-reactive ketones (excluding diaryl/α,β-unsaturated/α-hetero) is 1. The highest BCUT2D eigenvalue weighted by molar-refractivity contribution is 6.41. The van der Waals surface area contributed by atoms with Crippen LogP contribution < -0.4 is 0 Å². The van der Waals surface area contributed by atoms with Crippen molar-refractivity contribution in [2.75, 3.05) is 14.2 Å². The van der Waals surface area contributed by atoms with Crippen molar-refractivity contribution in [2.45, 2.75) is 6.54 Å². The van der Waals surface area contributed by atoms with E-state index in [-0.39, 0.29) is 11.7 Å². The van der Waals surface area contributed by atoms with Gasteiger partial charge in [0.1, 0.15) is 7.11 Å². The van der Waals surface area contributed by atoms with Gasteiger partial charge in [-0.15, -0.1) is 0 Å². The fourth-order valence-electron chi connectivity index (χ4n) is 1.78. The molecule has 104 valence electrons. The van der Waals surface area contributed by atoms with Crippen molar-refractivity contribution >= 4 is 11.7 Å². The van der Waals surface area contributed by atoms with E-state index in [0.29, 0.717) is 6.54 Å². The molecule has 0 saturated carbocycles. The SMILES string of the molecule is CON=C(OC)C(=O)c1nccn1Cc1ccccc1. The van der Waals surface area contributed by atoms with Crippen LogP contribution in [0.2, 0.25) is 0 Å². The minimum absolute atomic E-state index is 0.131. The first-order valence-electron chi connectivity index (χ1n) is 6.01. The van der Waals surface area contributed by atoms with Crippen LogP contribution in [0.3, 0.4) is 0 Å². The molecule has 1 aromatic heterocycles. The predicted octanol–water partition coefficient (Wildman–Crippen LogP) is 1.72. The van der Waals surface area contributed by atoms with Crippen LogP contribution in [0.25, 0.3) is 0 Å². The summed E-state index contributed by atoms with van der Waals surface area (Å²) in [6, 6.07) is 9.79. The van der Waals surface area contributed by atoms with Crippen molar-refractivity contribution in [3.63, 3.8) is 0 Å². The highest BCUT2D eigenvalue weighted by Crippen LogP contribution is 2.07. The van der Waals surface area contributed by atoms with E-state index in [0.717, 1.165) is 5.56 Å². The van der Waals surface area contributed by atoms with Gasteiger partial charge >= 0.3 is 5.90 Å². The Morgan fingerprint density at radius 2 is 2.05 bits per heavy atom. The summed E-state index contributed by atoms with van der Waals surface area (Å²) in [4.78, 5) is 20.9. The maximum absolute atomic E-state index is 12.2. The van der Waals surface area contributed by atoms with Crippen LogP contribution in [0, 0.1) is 0 Å². The lowest BCUT2D eigenvalue weighted by Crippen LogP contribution is -2.21. The minimum Gasteiger partial charge on any atom is -0.476 e. The second-order valence-electron chi connectivity index (χ2n) is 3.98. The van der Waals surface area contributed by atoms with E-state index in [9.17, 15) is 4.79 Å². The quantitative estimate of drug-likeness (QED) is 0.360. The van der Waals surface area contributed by atoms with Crippen LogP contribution in [0.5, 0.6) is 0 Å². The number of aromatic nitrogens is 2. The molecule has 0 atom stereocenters. The molecule has 6 heteroatoms. The molecule has 0 spiro atoms. The summed E-state index contributed by atoms with van der Waals surface area (Å²) in [5.74, 6) is -0.296. The summed E-state index contributed by atoms with van der Waals surface area (Å²) in [5, 5.41) is 3.54. The lowest BCUT2D eigenvalue weighted by atomic mass is 10.2. The number of ether oxygens (including phenoxy) is 1. The molecule has 0 amide bonds. The van der Waals surface area contributed by atoms with Gasteiger partial charge < -0.3 is 14.1 Å². The van der Waals surface area contributed by atoms with Gasteiger partial charge in [0, 0.05) is 18.9 Å². The van der Waals surface area contributed by atoms with Gasteiger partial charge in [0.25, 0.3) is 5.78 Å². The van der Waals surface area contributed by atoms with Crippen molar-refractivity contribution in [3.8, 4) is 0 Å². The van der Waals surface area contributed by atoms with E-state index in [1.807, 2.05) is 30.3 Å². The van der Waals surface area contributed by atoms with Crippen molar-refractivity contribution < 1.29 is 14.4 Å². The summed E-state index contributed by atoms with van der Waals surface area (Å²) in [5.41, 5.74) is 1.07. The van der Waals surface area contributed by atoms with Crippen molar-refractivity contribution in [1.29, 1.82) is 0 Å². The number of rotatable bonds is 5. The fourth-order valence-corrected chi connectivity index (χ4v) is 1.78. The highest BCUT2D eigenvalue weighted by atomic mass is 16.6. The van der Waals surface area contributed by atoms with E-state index in [1.165, 1.54) is 14.2 Å². The average Bonchev–Trinajstić information content (AvgIpc) is 2.93. The third kappa shape index (κ3) is 3.03. The first-order chi connectivity index (χ1) is 9.76. The van der Waals surface area contributed by atoms with Crippen molar-refractivity contribution in [1.82, 2.24) is 9.55 Å². The molecule has 1 heterocycles. The van der Waals surface area contributed by atoms with Gasteiger partial charge in [0.2, 0.25) is 0 Å². The summed E-state index contributed by atoms with van der Waals surface area (Å²) in [7, 11) is 2.71. The Bertz CT molecular complexity index is 605. The molecule has 0 bridgehead atoms. The smallest absolute Gasteiger partial charge is 0.302 e. The van der Waals surface area contributed by atoms with Gasteiger partial charge in [0.05, 0.1) is 7.11 Å². The van der Waals surface area contributed by atoms with Crippen LogP contribution in [0.1, 0.15) is 16.2 Å². The van der Waals surface area contributed by atoms with Crippen LogP contribution in [0.15, 0.2) is 47.9 Å². The zero-order valence-electron chi connectivity index (χ0n) is 11.3. The van der Waals surface area contributed by atoms with Crippen LogP contribution in [0.4, 0.5) is 0 Å². The Balaban J connectivity index is 2.24. The number of nitrogens with zero attached hydrogens (tertiary/aromatic N) is 3. The topological polar surface area (TPSA) is 65.7 Å². The predicted molar refractivity (Wildman–Crippen MR) is 73.6 cm³/mol. The zero-order valence-corrected chi connectivity index (χ0v) is 11.3. The standard InChI is InChI=1S/C14H15N3O3/c1-19-14(16-20-2)12(18)13-15-8-9-17(13)10-11-6-4-3-5-7-11/h3-9H,10H2,1-2H3. The molecular formula is C14H15N3O3. The van der Waals surface area contributed by atoms with Crippen molar-refractivity contribution in [2.24, 2.45) is 5.16 Å². The Kier molecular flexibility index (Phi) is 4.49. The lowest BCUT2D eigenvalue weighted by Gasteiger charge is -2.07. The van der Waals surface area contributed by atoms with E-state index in [2.05, 4.69) is 15.0 Å². The molecule has 0 unspecified atom stereocenters. The molecule has 0 fully saturated rings. The Hall–Kier alpha value is -2.63. The molecule has 0 aliphatic rings. The van der Waals surface area contributed by atoms with Gasteiger partial charge in [-0.3, -0.25) is 4.79 Å². The first-order valence-corrected chi connectivity index (χ1v) is 6.01. The highest BCUT2D eigenvalue weighted by Gasteiger charge is 2.21. The maximum Gasteiger partial charge on any atom is 0.302 e. The monoisotopic (exact) mass is 273 g/mol. The first kappa shape index (κ1) is 13.8. The summed E-state index contributed by atoms with van der Waals surface area (Å²) < 4.78 is 6.64. The van der Waals surface area contributed by atoms with Gasteiger partial charge in [-0.05, 0) is 10.7 Å². The molecule has 0 radical (unpaired) electrons. The number of carbonyl (C=O) groups is 1. The summed E-state index contributed by atoms with van der Waals surface area (Å²) >= 11 is 0. The summed E-state index contributed by atoms with van der Waals surface area (Å²) in [6.45, 7) is 0.548. The lowest BCUT2D eigenvalue weighted by molar-refractivity contribution is 0.100. The van der Waals surface area contributed by atoms with Gasteiger partial charge in [0.15, 0.2) is 5.82 Å². The third-order valence-electron chi connectivity index (χ3n) is 2.68. The number of imidazole rings is 1. The number of oxime groups is 1. The molecule has 2 rings (SSSR count). The number of hydrogen-bond acceptors (Lipinski definition) is 5. The number of ketones is 1. The minimum atomic E-state index is -0.421. The van der Waals surface area contributed by atoms with Crippen LogP contribution >= 0.6 is 0 Å². The van der Waals surface area contributed by atoms with Gasteiger partial charge in [-0.2, -0.15) is 0 Å². The van der Waals surface area contributed by atoms with Gasteiger partial charge in [-0.25, -0.2) is 4.98 Å². The molecule has 0 N–H and O–H groups in total. The number of carbonyl (C=O) groups excluding carboxylic acids is 1. The normalized spacial score (nSPS) is 11.2. The molecule has 0 aliphatic carbocycles. The maximum atomic E-state index is 12.2. The van der Waals surface area contributed by atoms with Crippen LogP contribution in [-0.4, -0.2) is 35.5 Å². The number of methoxy groups -OCH3 is 1. The van der Waals surface area contributed by atoms with Gasteiger partial charge in [-0.1, -0.05) is 30.3 Å². The molecule has 0 aliphatic heterocycles. The second-order valence-corrected chi connectivity index (χ2v) is 3.98. The van der Waals surface area contributed by atoms with E-state index < -0.39 is 5.78 Å². The Labute approximate surface area is 116 Å². The van der Waals surface area contributed by atoms with E-state index in [1.54, 1.807) is 17.0 Å². The van der Waals surface area contributed by atoms with E-state index in [4.69, 9.17) is 4.74 Å².